The predicted molar refractivity (Wildman–Crippen MR) is 117 cm³/mol. The summed E-state index contributed by atoms with van der Waals surface area (Å²) in [7, 11) is 0. The van der Waals surface area contributed by atoms with Crippen molar-refractivity contribution in [2.45, 2.75) is 57.3 Å². The Labute approximate surface area is 192 Å². The highest BCUT2D eigenvalue weighted by atomic mass is 35.5. The standard InChI is InChI=1S/C23H29ClN2O6/c1-4-22-9-10-23(32-22)15(16(22)21(30)31-5-2)20(29)26(11-12-27)18(23)19(28)25-17-13(3)7-6-8-14(17)24/h6-8,15-16,18,27H,4-5,9-12H2,1-3H3,(H,25,28)/t15-,16+,18?,22-,23?/m0/s1. The molecule has 3 saturated heterocycles. The Morgan fingerprint density at radius 2 is 2.09 bits per heavy atom. The summed E-state index contributed by atoms with van der Waals surface area (Å²) in [6.07, 6.45) is 1.55. The Bertz CT molecular complexity index is 934. The van der Waals surface area contributed by atoms with Gasteiger partial charge >= 0.3 is 5.97 Å². The molecule has 3 heterocycles. The normalized spacial score (nSPS) is 32.8. The van der Waals surface area contributed by atoms with Gasteiger partial charge in [0, 0.05) is 6.54 Å². The van der Waals surface area contributed by atoms with Crippen LogP contribution < -0.4 is 5.32 Å². The van der Waals surface area contributed by atoms with Crippen LogP contribution in [0.5, 0.6) is 0 Å². The number of nitrogens with zero attached hydrogens (tertiary/aromatic N) is 1. The molecule has 3 aliphatic rings. The van der Waals surface area contributed by atoms with Gasteiger partial charge in [0.1, 0.15) is 17.6 Å². The van der Waals surface area contributed by atoms with Crippen molar-refractivity contribution in [3.05, 3.63) is 28.8 Å². The van der Waals surface area contributed by atoms with E-state index in [9.17, 15) is 19.5 Å². The molecule has 2 amide bonds. The number of aliphatic hydroxyl groups excluding tert-OH is 1. The number of fused-ring (bicyclic) bond motifs is 1. The van der Waals surface area contributed by atoms with Gasteiger partial charge in [-0.25, -0.2) is 0 Å². The summed E-state index contributed by atoms with van der Waals surface area (Å²) in [5.41, 5.74) is -0.741. The van der Waals surface area contributed by atoms with Gasteiger partial charge in [-0.15, -0.1) is 0 Å². The van der Waals surface area contributed by atoms with E-state index in [-0.39, 0.29) is 25.7 Å². The second-order valence-electron chi connectivity index (χ2n) is 8.76. The molecule has 5 atom stereocenters. The SMILES string of the molecule is CCOC(=O)[C@H]1[C@H]2C(=O)N(CCO)C(C(=O)Nc3c(C)cccc3Cl)C23CC[C@]1(CC)O3. The zero-order valence-corrected chi connectivity index (χ0v) is 19.3. The van der Waals surface area contributed by atoms with Gasteiger partial charge in [-0.3, -0.25) is 14.4 Å². The van der Waals surface area contributed by atoms with Crippen LogP contribution in [0.3, 0.4) is 0 Å². The number of hydrogen-bond donors (Lipinski definition) is 2. The maximum Gasteiger partial charge on any atom is 0.312 e. The van der Waals surface area contributed by atoms with Crippen molar-refractivity contribution in [1.29, 1.82) is 0 Å². The van der Waals surface area contributed by atoms with Gasteiger partial charge in [0.05, 0.1) is 35.4 Å². The molecule has 0 aromatic heterocycles. The topological polar surface area (TPSA) is 105 Å². The molecule has 9 heteroatoms. The van der Waals surface area contributed by atoms with Crippen LogP contribution in [0.4, 0.5) is 5.69 Å². The highest BCUT2D eigenvalue weighted by Gasteiger charge is 2.79. The van der Waals surface area contributed by atoms with Crippen molar-refractivity contribution in [2.75, 3.05) is 25.1 Å². The molecule has 1 aromatic rings. The Kier molecular flexibility index (Phi) is 5.98. The minimum atomic E-state index is -1.15. The van der Waals surface area contributed by atoms with Gasteiger partial charge in [0.15, 0.2) is 0 Å². The summed E-state index contributed by atoms with van der Waals surface area (Å²) in [6, 6.07) is 4.30. The summed E-state index contributed by atoms with van der Waals surface area (Å²) < 4.78 is 11.9. The molecule has 3 aliphatic heterocycles. The number of aliphatic hydroxyl groups is 1. The minimum absolute atomic E-state index is 0.0330. The number of esters is 1. The van der Waals surface area contributed by atoms with Crippen LogP contribution in [0.15, 0.2) is 18.2 Å². The molecule has 32 heavy (non-hydrogen) atoms. The molecule has 8 nitrogen and oxygen atoms in total. The maximum atomic E-state index is 13.6. The lowest BCUT2D eigenvalue weighted by molar-refractivity contribution is -0.160. The molecule has 3 fully saturated rings. The first-order valence-electron chi connectivity index (χ1n) is 11.1. The Hall–Kier alpha value is -2.16. The van der Waals surface area contributed by atoms with E-state index in [0.717, 1.165) is 5.56 Å². The number of halogens is 1. The number of β-amino-alcohol motifs (C(OH)–C–C–N with tert-alkyl or cyclic N) is 1. The van der Waals surface area contributed by atoms with Crippen LogP contribution in [-0.2, 0) is 23.9 Å². The van der Waals surface area contributed by atoms with E-state index < -0.39 is 41.0 Å². The fourth-order valence-electron chi connectivity index (χ4n) is 5.94. The number of carbonyl (C=O) groups excluding carboxylic acids is 3. The first-order valence-corrected chi connectivity index (χ1v) is 11.5. The lowest BCUT2D eigenvalue weighted by Gasteiger charge is -2.33. The van der Waals surface area contributed by atoms with E-state index in [2.05, 4.69) is 5.32 Å². The van der Waals surface area contributed by atoms with Crippen molar-refractivity contribution in [2.24, 2.45) is 11.8 Å². The fourth-order valence-corrected chi connectivity index (χ4v) is 6.21. The molecular formula is C23H29ClN2O6. The highest BCUT2D eigenvalue weighted by Crippen LogP contribution is 2.64. The van der Waals surface area contributed by atoms with Gasteiger partial charge in [-0.2, -0.15) is 0 Å². The molecule has 0 aliphatic carbocycles. The number of para-hydroxylation sites is 1. The van der Waals surface area contributed by atoms with E-state index in [0.29, 0.717) is 30.0 Å². The van der Waals surface area contributed by atoms with Crippen molar-refractivity contribution >= 4 is 35.1 Å². The molecule has 174 valence electrons. The molecule has 0 radical (unpaired) electrons. The van der Waals surface area contributed by atoms with E-state index in [1.807, 2.05) is 19.9 Å². The number of anilines is 1. The van der Waals surface area contributed by atoms with E-state index in [1.165, 1.54) is 4.90 Å². The van der Waals surface area contributed by atoms with Crippen LogP contribution in [0.25, 0.3) is 0 Å². The van der Waals surface area contributed by atoms with Crippen molar-refractivity contribution in [3.63, 3.8) is 0 Å². The third-order valence-corrected chi connectivity index (χ3v) is 7.60. The predicted octanol–water partition coefficient (Wildman–Crippen LogP) is 2.30. The number of benzene rings is 1. The molecule has 0 saturated carbocycles. The van der Waals surface area contributed by atoms with Crippen LogP contribution in [0.1, 0.15) is 38.7 Å². The Balaban J connectivity index is 1.76. The lowest BCUT2D eigenvalue weighted by atomic mass is 9.65. The van der Waals surface area contributed by atoms with Crippen LogP contribution in [0, 0.1) is 18.8 Å². The molecule has 2 unspecified atom stereocenters. The van der Waals surface area contributed by atoms with Gasteiger partial charge < -0.3 is 24.8 Å². The van der Waals surface area contributed by atoms with E-state index >= 15 is 0 Å². The van der Waals surface area contributed by atoms with Gasteiger partial charge in [0.2, 0.25) is 11.8 Å². The number of rotatable bonds is 7. The number of likely N-dealkylation sites (tertiary alicyclic amines) is 1. The highest BCUT2D eigenvalue weighted by molar-refractivity contribution is 6.34. The molecule has 1 spiro atoms. The zero-order valence-electron chi connectivity index (χ0n) is 18.5. The minimum Gasteiger partial charge on any atom is -0.466 e. The first-order chi connectivity index (χ1) is 15.3. The van der Waals surface area contributed by atoms with Gasteiger partial charge in [0.25, 0.3) is 0 Å². The molecule has 2 N–H and O–H groups in total. The zero-order chi connectivity index (χ0) is 23.3. The Morgan fingerprint density at radius 1 is 1.34 bits per heavy atom. The molecule has 2 bridgehead atoms. The van der Waals surface area contributed by atoms with Crippen LogP contribution in [-0.4, -0.2) is 64.8 Å². The number of aryl methyl sites for hydroxylation is 1. The smallest absolute Gasteiger partial charge is 0.312 e. The van der Waals surface area contributed by atoms with Crippen LogP contribution in [0.2, 0.25) is 5.02 Å². The fraction of sp³-hybridized carbons (Fsp3) is 0.609. The maximum absolute atomic E-state index is 13.6. The summed E-state index contributed by atoms with van der Waals surface area (Å²) >= 11 is 6.31. The van der Waals surface area contributed by atoms with Crippen molar-refractivity contribution in [1.82, 2.24) is 4.90 Å². The van der Waals surface area contributed by atoms with Crippen molar-refractivity contribution < 1.29 is 29.0 Å². The molecular weight excluding hydrogens is 436 g/mol. The summed E-state index contributed by atoms with van der Waals surface area (Å²) in [5, 5.41) is 12.9. The summed E-state index contributed by atoms with van der Waals surface area (Å²) in [6.45, 7) is 5.32. The van der Waals surface area contributed by atoms with E-state index in [4.69, 9.17) is 21.1 Å². The quantitative estimate of drug-likeness (QED) is 0.600. The average molecular weight is 465 g/mol. The summed E-state index contributed by atoms with van der Waals surface area (Å²) in [5.74, 6) is -2.88. The van der Waals surface area contributed by atoms with Gasteiger partial charge in [-0.1, -0.05) is 30.7 Å². The second kappa shape index (κ2) is 8.32. The second-order valence-corrected chi connectivity index (χ2v) is 9.17. The monoisotopic (exact) mass is 464 g/mol. The number of nitrogens with one attached hydrogen (secondary N) is 1. The first kappa shape index (κ1) is 23.0. The number of carbonyl (C=O) groups is 3. The molecule has 1 aromatic carbocycles. The third-order valence-electron chi connectivity index (χ3n) is 7.28. The van der Waals surface area contributed by atoms with Gasteiger partial charge in [-0.05, 0) is 44.7 Å². The number of amides is 2. The largest absolute Gasteiger partial charge is 0.466 e. The van der Waals surface area contributed by atoms with Crippen molar-refractivity contribution in [3.8, 4) is 0 Å². The third kappa shape index (κ3) is 3.15. The van der Waals surface area contributed by atoms with E-state index in [1.54, 1.807) is 19.1 Å². The lowest BCUT2D eigenvalue weighted by Crippen LogP contribution is -2.53. The van der Waals surface area contributed by atoms with Crippen LogP contribution >= 0.6 is 11.6 Å². The Morgan fingerprint density at radius 3 is 2.72 bits per heavy atom. The number of ether oxygens (including phenoxy) is 2. The number of hydrogen-bond acceptors (Lipinski definition) is 6. The summed E-state index contributed by atoms with van der Waals surface area (Å²) in [4.78, 5) is 41.5. The molecule has 4 rings (SSSR count). The average Bonchev–Trinajstić information content (AvgIpc) is 3.35.